The smallest absolute Gasteiger partial charge is 0.125 e. The predicted octanol–water partition coefficient (Wildman–Crippen LogP) is 2.02. The molecule has 0 aromatic carbocycles. The molecule has 0 aliphatic heterocycles. The minimum atomic E-state index is 0.648. The predicted molar refractivity (Wildman–Crippen MR) is 60.1 cm³/mol. The quantitative estimate of drug-likeness (QED) is 0.864. The van der Waals surface area contributed by atoms with Gasteiger partial charge in [-0.1, -0.05) is 17.7 Å². The number of pyridine rings is 1. The first-order valence-electron chi connectivity index (χ1n) is 4.58. The van der Waals surface area contributed by atoms with Crippen molar-refractivity contribution in [3.63, 3.8) is 0 Å². The molecule has 2 aromatic heterocycles. The number of nitrogens with one attached hydrogen (secondary N) is 1. The summed E-state index contributed by atoms with van der Waals surface area (Å²) < 4.78 is 1.78. The lowest BCUT2D eigenvalue weighted by Crippen LogP contribution is -2.01. The maximum Gasteiger partial charge on any atom is 0.125 e. The largest absolute Gasteiger partial charge is 0.373 e. The van der Waals surface area contributed by atoms with Crippen molar-refractivity contribution >= 4 is 17.4 Å². The summed E-state index contributed by atoms with van der Waals surface area (Å²) in [7, 11) is 1.84. The summed E-state index contributed by atoms with van der Waals surface area (Å²) in [6.07, 6.45) is 5.23. The Hall–Kier alpha value is -1.55. The Labute approximate surface area is 92.9 Å². The molecule has 4 nitrogen and oxygen atoms in total. The molecule has 0 spiro atoms. The molecule has 0 saturated carbocycles. The highest BCUT2D eigenvalue weighted by molar-refractivity contribution is 6.30. The van der Waals surface area contributed by atoms with Crippen molar-refractivity contribution in [2.24, 2.45) is 0 Å². The van der Waals surface area contributed by atoms with Crippen LogP contribution in [0, 0.1) is 0 Å². The first-order chi connectivity index (χ1) is 7.28. The van der Waals surface area contributed by atoms with Gasteiger partial charge in [-0.05, 0) is 11.6 Å². The summed E-state index contributed by atoms with van der Waals surface area (Å²) in [6.45, 7) is 0.684. The van der Waals surface area contributed by atoms with Crippen LogP contribution in [0.5, 0.6) is 0 Å². The van der Waals surface area contributed by atoms with E-state index in [0.29, 0.717) is 11.6 Å². The average molecular weight is 223 g/mol. The standard InChI is InChI=1S/C10H11ClN4/c1-12-10-3-2-8(4-13-10)6-15-7-9(11)5-14-15/h2-5,7H,6H2,1H3,(H,12,13). The zero-order valence-corrected chi connectivity index (χ0v) is 9.07. The molecular formula is C10H11ClN4. The van der Waals surface area contributed by atoms with Gasteiger partial charge in [-0.2, -0.15) is 5.10 Å². The van der Waals surface area contributed by atoms with Crippen LogP contribution in [0.4, 0.5) is 5.82 Å². The maximum absolute atomic E-state index is 5.77. The molecule has 0 bridgehead atoms. The average Bonchev–Trinajstić information content (AvgIpc) is 2.65. The molecule has 0 atom stereocenters. The second-order valence-electron chi connectivity index (χ2n) is 3.16. The van der Waals surface area contributed by atoms with Crippen LogP contribution in [0.3, 0.4) is 0 Å². The van der Waals surface area contributed by atoms with E-state index >= 15 is 0 Å². The summed E-state index contributed by atoms with van der Waals surface area (Å²) in [5.41, 5.74) is 1.09. The number of hydrogen-bond donors (Lipinski definition) is 1. The van der Waals surface area contributed by atoms with E-state index in [4.69, 9.17) is 11.6 Å². The molecule has 0 aliphatic rings. The number of nitrogens with zero attached hydrogens (tertiary/aromatic N) is 3. The summed E-state index contributed by atoms with van der Waals surface area (Å²) in [5, 5.41) is 7.71. The Morgan fingerprint density at radius 2 is 2.27 bits per heavy atom. The monoisotopic (exact) mass is 222 g/mol. The lowest BCUT2D eigenvalue weighted by Gasteiger charge is -2.02. The molecule has 78 valence electrons. The van der Waals surface area contributed by atoms with Crippen molar-refractivity contribution in [1.82, 2.24) is 14.8 Å². The van der Waals surface area contributed by atoms with E-state index in [1.165, 1.54) is 0 Å². The van der Waals surface area contributed by atoms with Crippen molar-refractivity contribution in [3.05, 3.63) is 41.3 Å². The van der Waals surface area contributed by atoms with Gasteiger partial charge in [0.1, 0.15) is 5.82 Å². The van der Waals surface area contributed by atoms with Gasteiger partial charge in [-0.3, -0.25) is 4.68 Å². The van der Waals surface area contributed by atoms with Crippen molar-refractivity contribution in [2.45, 2.75) is 6.54 Å². The highest BCUT2D eigenvalue weighted by Crippen LogP contribution is 2.08. The molecule has 1 N–H and O–H groups in total. The fourth-order valence-electron chi connectivity index (χ4n) is 1.28. The van der Waals surface area contributed by atoms with E-state index in [1.54, 1.807) is 17.1 Å². The van der Waals surface area contributed by atoms with Crippen LogP contribution in [-0.4, -0.2) is 21.8 Å². The van der Waals surface area contributed by atoms with Crippen molar-refractivity contribution in [1.29, 1.82) is 0 Å². The number of rotatable bonds is 3. The third-order valence-corrected chi connectivity index (χ3v) is 2.22. The molecule has 0 fully saturated rings. The number of hydrogen-bond acceptors (Lipinski definition) is 3. The van der Waals surface area contributed by atoms with Crippen LogP contribution in [0.15, 0.2) is 30.7 Å². The summed E-state index contributed by atoms with van der Waals surface area (Å²) >= 11 is 5.77. The molecule has 2 rings (SSSR count). The summed E-state index contributed by atoms with van der Waals surface area (Å²) in [4.78, 5) is 4.21. The van der Waals surface area contributed by atoms with Gasteiger partial charge in [0, 0.05) is 19.4 Å². The molecular weight excluding hydrogens is 212 g/mol. The van der Waals surface area contributed by atoms with Crippen LogP contribution in [-0.2, 0) is 6.54 Å². The molecule has 0 aliphatic carbocycles. The highest BCUT2D eigenvalue weighted by Gasteiger charge is 1.98. The topological polar surface area (TPSA) is 42.7 Å². The zero-order valence-electron chi connectivity index (χ0n) is 8.31. The van der Waals surface area contributed by atoms with Crippen molar-refractivity contribution in [2.75, 3.05) is 12.4 Å². The van der Waals surface area contributed by atoms with Gasteiger partial charge in [0.15, 0.2) is 0 Å². The van der Waals surface area contributed by atoms with E-state index in [-0.39, 0.29) is 0 Å². The molecule has 0 saturated heterocycles. The maximum atomic E-state index is 5.77. The molecule has 15 heavy (non-hydrogen) atoms. The Kier molecular flexibility index (Phi) is 2.87. The van der Waals surface area contributed by atoms with Crippen molar-refractivity contribution in [3.8, 4) is 0 Å². The van der Waals surface area contributed by atoms with Gasteiger partial charge in [-0.25, -0.2) is 4.98 Å². The van der Waals surface area contributed by atoms with Crippen LogP contribution >= 0.6 is 11.6 Å². The minimum Gasteiger partial charge on any atom is -0.373 e. The third-order valence-electron chi connectivity index (χ3n) is 2.03. The second kappa shape index (κ2) is 4.31. The lowest BCUT2D eigenvalue weighted by molar-refractivity contribution is 0.685. The van der Waals surface area contributed by atoms with Gasteiger partial charge in [0.05, 0.1) is 17.8 Å². The Bertz CT molecular complexity index is 435. The van der Waals surface area contributed by atoms with Gasteiger partial charge in [-0.15, -0.1) is 0 Å². The molecule has 2 heterocycles. The second-order valence-corrected chi connectivity index (χ2v) is 3.59. The van der Waals surface area contributed by atoms with Gasteiger partial charge >= 0.3 is 0 Å². The molecule has 0 unspecified atom stereocenters. The number of aromatic nitrogens is 3. The van der Waals surface area contributed by atoms with Crippen LogP contribution in [0.25, 0.3) is 0 Å². The van der Waals surface area contributed by atoms with Crippen LogP contribution in [0.1, 0.15) is 5.56 Å². The number of anilines is 1. The van der Waals surface area contributed by atoms with Crippen LogP contribution < -0.4 is 5.32 Å². The number of halogens is 1. The van der Waals surface area contributed by atoms with E-state index in [0.717, 1.165) is 11.4 Å². The first kappa shape index (κ1) is 9.98. The minimum absolute atomic E-state index is 0.648. The van der Waals surface area contributed by atoms with Gasteiger partial charge < -0.3 is 5.32 Å². The SMILES string of the molecule is CNc1ccc(Cn2cc(Cl)cn2)cn1. The van der Waals surface area contributed by atoms with Gasteiger partial charge in [0.25, 0.3) is 0 Å². The Morgan fingerprint density at radius 1 is 1.40 bits per heavy atom. The van der Waals surface area contributed by atoms with E-state index < -0.39 is 0 Å². The summed E-state index contributed by atoms with van der Waals surface area (Å²) in [6, 6.07) is 3.94. The van der Waals surface area contributed by atoms with E-state index in [2.05, 4.69) is 15.4 Å². The molecule has 0 radical (unpaired) electrons. The fourth-order valence-corrected chi connectivity index (χ4v) is 1.43. The van der Waals surface area contributed by atoms with Crippen LogP contribution in [0.2, 0.25) is 5.02 Å². The van der Waals surface area contributed by atoms with Crippen molar-refractivity contribution < 1.29 is 0 Å². The normalized spacial score (nSPS) is 10.3. The van der Waals surface area contributed by atoms with E-state index in [9.17, 15) is 0 Å². The van der Waals surface area contributed by atoms with E-state index in [1.807, 2.05) is 25.4 Å². The molecule has 0 amide bonds. The zero-order chi connectivity index (χ0) is 10.7. The molecule has 2 aromatic rings. The fraction of sp³-hybridized carbons (Fsp3) is 0.200. The molecule has 5 heteroatoms. The lowest BCUT2D eigenvalue weighted by atomic mass is 10.3. The summed E-state index contributed by atoms with van der Waals surface area (Å²) in [5.74, 6) is 0.859. The highest BCUT2D eigenvalue weighted by atomic mass is 35.5. The Morgan fingerprint density at radius 3 is 2.80 bits per heavy atom. The Balaban J connectivity index is 2.11. The third kappa shape index (κ3) is 2.47. The van der Waals surface area contributed by atoms with Gasteiger partial charge in [0.2, 0.25) is 0 Å². The first-order valence-corrected chi connectivity index (χ1v) is 4.96.